The lowest BCUT2D eigenvalue weighted by Gasteiger charge is -2.35. The summed E-state index contributed by atoms with van der Waals surface area (Å²) in [6.07, 6.45) is 5.40. The number of allylic oxidation sites excluding steroid dienone is 2. The fourth-order valence-electron chi connectivity index (χ4n) is 4.34. The quantitative estimate of drug-likeness (QED) is 0.578. The molecular formula is C20H29N2O5+. The highest BCUT2D eigenvalue weighted by Crippen LogP contribution is 2.38. The number of nitro groups is 1. The maximum Gasteiger partial charge on any atom is 0.211 e. The molecule has 27 heavy (non-hydrogen) atoms. The molecule has 1 aromatic rings. The number of nitrogens with one attached hydrogen (secondary N) is 1. The first kappa shape index (κ1) is 19.6. The Labute approximate surface area is 160 Å². The lowest BCUT2D eigenvalue weighted by molar-refractivity contribution is -0.874. The van der Waals surface area contributed by atoms with Crippen molar-refractivity contribution in [1.29, 1.82) is 0 Å². The monoisotopic (exact) mass is 377 g/mol. The first-order valence-corrected chi connectivity index (χ1v) is 9.60. The number of hydrogen-bond donors (Lipinski definition) is 1. The molecule has 0 aromatic heterocycles. The summed E-state index contributed by atoms with van der Waals surface area (Å²) >= 11 is 0. The van der Waals surface area contributed by atoms with Gasteiger partial charge in [0.1, 0.15) is 18.8 Å². The van der Waals surface area contributed by atoms with Crippen molar-refractivity contribution in [2.75, 3.05) is 47.1 Å². The van der Waals surface area contributed by atoms with E-state index in [1.165, 1.54) is 10.6 Å². The average molecular weight is 377 g/mol. The smallest absolute Gasteiger partial charge is 0.211 e. The van der Waals surface area contributed by atoms with Gasteiger partial charge in [0.15, 0.2) is 11.5 Å². The molecule has 1 aliphatic heterocycles. The Bertz CT molecular complexity index is 685. The van der Waals surface area contributed by atoms with E-state index in [-0.39, 0.29) is 23.3 Å². The Balaban J connectivity index is 1.94. The molecule has 3 rings (SSSR count). The Kier molecular flexibility index (Phi) is 6.68. The van der Waals surface area contributed by atoms with Gasteiger partial charge >= 0.3 is 0 Å². The molecule has 1 N–H and O–H groups in total. The number of rotatable bonds is 7. The van der Waals surface area contributed by atoms with Gasteiger partial charge in [0.2, 0.25) is 6.54 Å². The predicted octanol–water partition coefficient (Wildman–Crippen LogP) is 1.66. The highest BCUT2D eigenvalue weighted by Gasteiger charge is 2.37. The Morgan fingerprint density at radius 2 is 2.00 bits per heavy atom. The molecule has 1 heterocycles. The van der Waals surface area contributed by atoms with Crippen LogP contribution in [0.15, 0.2) is 30.0 Å². The van der Waals surface area contributed by atoms with Crippen LogP contribution in [-0.2, 0) is 4.74 Å². The third-order valence-corrected chi connectivity index (χ3v) is 5.65. The summed E-state index contributed by atoms with van der Waals surface area (Å²) in [7, 11) is 3.18. The molecule has 0 saturated carbocycles. The van der Waals surface area contributed by atoms with Gasteiger partial charge in [0, 0.05) is 10.8 Å². The van der Waals surface area contributed by atoms with Crippen LogP contribution in [0.5, 0.6) is 11.5 Å². The van der Waals surface area contributed by atoms with Crippen LogP contribution in [0.4, 0.5) is 0 Å². The highest BCUT2D eigenvalue weighted by molar-refractivity contribution is 5.44. The van der Waals surface area contributed by atoms with Crippen LogP contribution in [0, 0.1) is 16.0 Å². The van der Waals surface area contributed by atoms with E-state index in [9.17, 15) is 10.1 Å². The van der Waals surface area contributed by atoms with Crippen molar-refractivity contribution >= 4 is 0 Å². The number of hydrogen-bond acceptors (Lipinski definition) is 5. The molecule has 1 aliphatic carbocycles. The molecule has 7 heteroatoms. The molecule has 0 spiro atoms. The second-order valence-electron chi connectivity index (χ2n) is 7.15. The molecule has 0 bridgehead atoms. The first-order chi connectivity index (χ1) is 13.1. The Morgan fingerprint density at radius 3 is 2.67 bits per heavy atom. The normalized spacial score (nSPS) is 22.0. The zero-order chi connectivity index (χ0) is 19.2. The largest absolute Gasteiger partial charge is 0.493 e. The minimum Gasteiger partial charge on any atom is -0.493 e. The third kappa shape index (κ3) is 4.59. The van der Waals surface area contributed by atoms with E-state index in [1.54, 1.807) is 14.2 Å². The minimum absolute atomic E-state index is 0.0821. The van der Waals surface area contributed by atoms with Gasteiger partial charge in [-0.1, -0.05) is 6.07 Å². The summed E-state index contributed by atoms with van der Waals surface area (Å²) < 4.78 is 16.3. The van der Waals surface area contributed by atoms with E-state index in [1.807, 2.05) is 18.2 Å². The summed E-state index contributed by atoms with van der Waals surface area (Å²) in [5, 5.41) is 11.5. The summed E-state index contributed by atoms with van der Waals surface area (Å²) in [5.41, 5.74) is 2.26. The number of nitrogens with zero attached hydrogens (tertiary/aromatic N) is 1. The van der Waals surface area contributed by atoms with Crippen LogP contribution in [0.25, 0.3) is 0 Å². The Hall–Kier alpha value is -2.12. The lowest BCUT2D eigenvalue weighted by Crippen LogP contribution is -3.13. The first-order valence-electron chi connectivity index (χ1n) is 9.60. The average Bonchev–Trinajstić information content (AvgIpc) is 2.72. The SMILES string of the molecule is COc1ccc([C@H](C[N+](=O)[O-])[C@H]2CCCC=C2[NH+]2CCOCC2)cc1OC. The van der Waals surface area contributed by atoms with E-state index in [4.69, 9.17) is 14.2 Å². The molecule has 0 unspecified atom stereocenters. The van der Waals surface area contributed by atoms with Gasteiger partial charge < -0.3 is 19.1 Å². The second kappa shape index (κ2) is 9.19. The van der Waals surface area contributed by atoms with Crippen LogP contribution in [0.3, 0.4) is 0 Å². The van der Waals surface area contributed by atoms with Crippen LogP contribution < -0.4 is 14.4 Å². The number of benzene rings is 1. The van der Waals surface area contributed by atoms with Gasteiger partial charge in [-0.3, -0.25) is 10.1 Å². The van der Waals surface area contributed by atoms with E-state index in [0.29, 0.717) is 11.5 Å². The van der Waals surface area contributed by atoms with Crippen molar-refractivity contribution in [1.82, 2.24) is 0 Å². The second-order valence-corrected chi connectivity index (χ2v) is 7.15. The molecule has 0 radical (unpaired) electrons. The minimum atomic E-state index is -0.192. The topological polar surface area (TPSA) is 75.3 Å². The van der Waals surface area contributed by atoms with Crippen LogP contribution in [0.1, 0.15) is 30.7 Å². The summed E-state index contributed by atoms with van der Waals surface area (Å²) in [6.45, 7) is 3.27. The van der Waals surface area contributed by atoms with Crippen LogP contribution in [0.2, 0.25) is 0 Å². The maximum absolute atomic E-state index is 11.5. The fraction of sp³-hybridized carbons (Fsp3) is 0.600. The standard InChI is InChI=1S/C20H28N2O5/c1-25-19-8-7-15(13-20(19)26-2)17(14-22(23)24)16-5-3-4-6-18(16)21-9-11-27-12-10-21/h6-8,13,16-17H,3-5,9-12,14H2,1-2H3/p+1/t16-,17+/m1/s1. The zero-order valence-corrected chi connectivity index (χ0v) is 16.1. The van der Waals surface area contributed by atoms with Gasteiger partial charge in [0.25, 0.3) is 0 Å². The van der Waals surface area contributed by atoms with Crippen LogP contribution >= 0.6 is 0 Å². The number of morpholine rings is 1. The molecule has 0 amide bonds. The summed E-state index contributed by atoms with van der Waals surface area (Å²) in [6, 6.07) is 5.68. The van der Waals surface area contributed by atoms with Crippen LogP contribution in [-0.4, -0.2) is 52.0 Å². The molecule has 7 nitrogen and oxygen atoms in total. The highest BCUT2D eigenvalue weighted by atomic mass is 16.6. The fourth-order valence-corrected chi connectivity index (χ4v) is 4.34. The van der Waals surface area contributed by atoms with Gasteiger partial charge in [-0.05, 0) is 43.0 Å². The molecule has 2 atom stereocenters. The van der Waals surface area contributed by atoms with E-state index >= 15 is 0 Å². The van der Waals surface area contributed by atoms with Crippen molar-refractivity contribution in [3.8, 4) is 11.5 Å². The van der Waals surface area contributed by atoms with Crippen molar-refractivity contribution in [2.45, 2.75) is 25.2 Å². The maximum atomic E-state index is 11.5. The molecule has 1 aromatic carbocycles. The Morgan fingerprint density at radius 1 is 1.26 bits per heavy atom. The van der Waals surface area contributed by atoms with Crippen molar-refractivity contribution in [2.24, 2.45) is 5.92 Å². The van der Waals surface area contributed by atoms with Crippen molar-refractivity contribution < 1.29 is 24.0 Å². The van der Waals surface area contributed by atoms with E-state index in [2.05, 4.69) is 6.08 Å². The third-order valence-electron chi connectivity index (χ3n) is 5.65. The zero-order valence-electron chi connectivity index (χ0n) is 16.1. The number of methoxy groups -OCH3 is 2. The van der Waals surface area contributed by atoms with Gasteiger partial charge in [-0.15, -0.1) is 0 Å². The summed E-state index contributed by atoms with van der Waals surface area (Å²) in [5.74, 6) is 1.24. The molecule has 1 fully saturated rings. The lowest BCUT2D eigenvalue weighted by atomic mass is 9.77. The van der Waals surface area contributed by atoms with E-state index < -0.39 is 0 Å². The predicted molar refractivity (Wildman–Crippen MR) is 101 cm³/mol. The van der Waals surface area contributed by atoms with Crippen molar-refractivity contribution in [3.63, 3.8) is 0 Å². The molecule has 1 saturated heterocycles. The van der Waals surface area contributed by atoms with Gasteiger partial charge in [-0.25, -0.2) is 0 Å². The van der Waals surface area contributed by atoms with E-state index in [0.717, 1.165) is 51.1 Å². The molecule has 2 aliphatic rings. The number of quaternary nitrogens is 1. The molecular weight excluding hydrogens is 348 g/mol. The molecule has 148 valence electrons. The van der Waals surface area contributed by atoms with Gasteiger partial charge in [0.05, 0.1) is 33.4 Å². The summed E-state index contributed by atoms with van der Waals surface area (Å²) in [4.78, 5) is 12.7. The van der Waals surface area contributed by atoms with Crippen molar-refractivity contribution in [3.05, 3.63) is 45.6 Å². The van der Waals surface area contributed by atoms with Gasteiger partial charge in [-0.2, -0.15) is 0 Å². The number of ether oxygens (including phenoxy) is 3.